The van der Waals surface area contributed by atoms with Crippen LogP contribution in [0.4, 0.5) is 0 Å². The average Bonchev–Trinajstić information content (AvgIpc) is 2.47. The van der Waals surface area contributed by atoms with Crippen LogP contribution in [0.2, 0.25) is 0 Å². The minimum Gasteiger partial charge on any atom is -0.428 e. The Kier molecular flexibility index (Phi) is 18.8. The molecule has 0 saturated carbocycles. The largest absolute Gasteiger partial charge is 0.428 e. The number of hydrogen-bond acceptors (Lipinski definition) is 1. The molecule has 0 aromatic heterocycles. The lowest BCUT2D eigenvalue weighted by atomic mass is 10.1. The molecule has 0 heterocycles. The van der Waals surface area contributed by atoms with E-state index in [0.717, 1.165) is 17.1 Å². The molecule has 0 bridgehead atoms. The predicted octanol–water partition coefficient (Wildman–Crippen LogP) is 5.32. The highest BCUT2D eigenvalue weighted by Crippen LogP contribution is 2.09. The van der Waals surface area contributed by atoms with Crippen LogP contribution in [0.5, 0.6) is 0 Å². The topological polar surface area (TPSA) is 9.23 Å². The standard InChI is InChI=1S/C18H38OSi/c1-2-3-4-5-6-7-8-9-10-11-12-13-14-15-16-17-18-19-20/h9-10H,2-8,11-18H2,1,20H3/b10-9-. The number of allylic oxidation sites excluding steroid dienone is 2. The summed E-state index contributed by atoms with van der Waals surface area (Å²) in [5.41, 5.74) is 0. The molecule has 120 valence electrons. The summed E-state index contributed by atoms with van der Waals surface area (Å²) in [5.74, 6) is 0. The molecule has 2 heteroatoms. The molecule has 0 fully saturated rings. The van der Waals surface area contributed by atoms with Gasteiger partial charge in [0.1, 0.15) is 10.5 Å². The van der Waals surface area contributed by atoms with Crippen molar-refractivity contribution in [3.8, 4) is 0 Å². The van der Waals surface area contributed by atoms with E-state index in [-0.39, 0.29) is 0 Å². The molecule has 20 heavy (non-hydrogen) atoms. The number of unbranched alkanes of at least 4 members (excludes halogenated alkanes) is 12. The van der Waals surface area contributed by atoms with Crippen LogP contribution in [0, 0.1) is 0 Å². The van der Waals surface area contributed by atoms with Gasteiger partial charge in [-0.25, -0.2) is 0 Å². The fraction of sp³-hybridized carbons (Fsp3) is 0.889. The summed E-state index contributed by atoms with van der Waals surface area (Å²) >= 11 is 0. The van der Waals surface area contributed by atoms with Crippen LogP contribution in [0.15, 0.2) is 12.2 Å². The van der Waals surface area contributed by atoms with E-state index in [9.17, 15) is 0 Å². The fourth-order valence-electron chi connectivity index (χ4n) is 2.49. The molecule has 0 rings (SSSR count). The van der Waals surface area contributed by atoms with E-state index in [1.54, 1.807) is 0 Å². The first-order valence-electron chi connectivity index (χ1n) is 9.05. The Morgan fingerprint density at radius 1 is 0.650 bits per heavy atom. The van der Waals surface area contributed by atoms with E-state index >= 15 is 0 Å². The van der Waals surface area contributed by atoms with Gasteiger partial charge in [-0.2, -0.15) is 0 Å². The van der Waals surface area contributed by atoms with Gasteiger partial charge in [0.2, 0.25) is 0 Å². The predicted molar refractivity (Wildman–Crippen MR) is 95.3 cm³/mol. The van der Waals surface area contributed by atoms with E-state index in [2.05, 4.69) is 19.1 Å². The van der Waals surface area contributed by atoms with Crippen molar-refractivity contribution in [3.05, 3.63) is 12.2 Å². The summed E-state index contributed by atoms with van der Waals surface area (Å²) in [6.45, 7) is 3.27. The van der Waals surface area contributed by atoms with Crippen LogP contribution in [0.25, 0.3) is 0 Å². The molecule has 0 N–H and O–H groups in total. The average molecular weight is 299 g/mol. The van der Waals surface area contributed by atoms with Crippen molar-refractivity contribution in [1.29, 1.82) is 0 Å². The molecule has 0 aromatic rings. The molecule has 0 atom stereocenters. The summed E-state index contributed by atoms with van der Waals surface area (Å²) in [4.78, 5) is 0. The first kappa shape index (κ1) is 19.9. The maximum Gasteiger partial charge on any atom is 0.145 e. The number of hydrogen-bond donors (Lipinski definition) is 0. The second kappa shape index (κ2) is 18.9. The first-order valence-corrected chi connectivity index (χ1v) is 9.87. The Labute approximate surface area is 131 Å². The Hall–Kier alpha value is -0.0831. The lowest BCUT2D eigenvalue weighted by Crippen LogP contribution is -1.89. The molecule has 0 aromatic carbocycles. The zero-order valence-corrected chi connectivity index (χ0v) is 16.2. The third kappa shape index (κ3) is 17.9. The van der Waals surface area contributed by atoms with Gasteiger partial charge in [-0.05, 0) is 32.1 Å². The summed E-state index contributed by atoms with van der Waals surface area (Å²) in [5, 5.41) is 0. The van der Waals surface area contributed by atoms with Crippen LogP contribution in [0.1, 0.15) is 96.8 Å². The Morgan fingerprint density at radius 3 is 1.60 bits per heavy atom. The lowest BCUT2D eigenvalue weighted by Gasteiger charge is -2.00. The summed E-state index contributed by atoms with van der Waals surface area (Å²) in [7, 11) is 0.902. The second-order valence-corrected chi connectivity index (χ2v) is 6.51. The molecule has 0 saturated heterocycles. The fourth-order valence-corrected chi connectivity index (χ4v) is 2.78. The van der Waals surface area contributed by atoms with Crippen molar-refractivity contribution in [1.82, 2.24) is 0 Å². The summed E-state index contributed by atoms with van der Waals surface area (Å²) in [6, 6.07) is 0. The van der Waals surface area contributed by atoms with Gasteiger partial charge < -0.3 is 4.43 Å². The quantitative estimate of drug-likeness (QED) is 0.213. The van der Waals surface area contributed by atoms with E-state index in [1.807, 2.05) is 0 Å². The van der Waals surface area contributed by atoms with Crippen molar-refractivity contribution in [3.63, 3.8) is 0 Å². The molecule has 0 spiro atoms. The molecule has 0 aliphatic rings. The molecule has 0 radical (unpaired) electrons. The Balaban J connectivity index is 3.01. The van der Waals surface area contributed by atoms with E-state index < -0.39 is 0 Å². The second-order valence-electron chi connectivity index (χ2n) is 5.93. The van der Waals surface area contributed by atoms with Gasteiger partial charge in [-0.3, -0.25) is 0 Å². The third-order valence-corrected chi connectivity index (χ3v) is 4.27. The summed E-state index contributed by atoms with van der Waals surface area (Å²) < 4.78 is 5.19. The lowest BCUT2D eigenvalue weighted by molar-refractivity contribution is 0.332. The van der Waals surface area contributed by atoms with Crippen LogP contribution in [-0.2, 0) is 4.43 Å². The Morgan fingerprint density at radius 2 is 1.10 bits per heavy atom. The van der Waals surface area contributed by atoms with E-state index in [4.69, 9.17) is 4.43 Å². The van der Waals surface area contributed by atoms with Crippen molar-refractivity contribution in [2.45, 2.75) is 96.8 Å². The van der Waals surface area contributed by atoms with Crippen molar-refractivity contribution >= 4 is 10.5 Å². The molecular weight excluding hydrogens is 260 g/mol. The van der Waals surface area contributed by atoms with Crippen molar-refractivity contribution in [2.75, 3.05) is 6.61 Å². The van der Waals surface area contributed by atoms with Crippen LogP contribution in [-0.4, -0.2) is 17.1 Å². The highest BCUT2D eigenvalue weighted by Gasteiger charge is 1.91. The number of rotatable bonds is 16. The smallest absolute Gasteiger partial charge is 0.145 e. The molecule has 0 unspecified atom stereocenters. The van der Waals surface area contributed by atoms with Gasteiger partial charge >= 0.3 is 0 Å². The van der Waals surface area contributed by atoms with Gasteiger partial charge in [0, 0.05) is 6.61 Å². The van der Waals surface area contributed by atoms with Gasteiger partial charge in [-0.15, -0.1) is 0 Å². The van der Waals surface area contributed by atoms with Crippen LogP contribution in [0.3, 0.4) is 0 Å². The first-order chi connectivity index (χ1) is 9.91. The van der Waals surface area contributed by atoms with Gasteiger partial charge in [0.15, 0.2) is 0 Å². The van der Waals surface area contributed by atoms with Gasteiger partial charge in [0.25, 0.3) is 0 Å². The minimum atomic E-state index is 0.902. The highest BCUT2D eigenvalue weighted by molar-refractivity contribution is 5.97. The minimum absolute atomic E-state index is 0.902. The summed E-state index contributed by atoms with van der Waals surface area (Å²) in [6.07, 6.45) is 24.1. The normalized spacial score (nSPS) is 11.7. The molecular formula is C18H38OSi. The van der Waals surface area contributed by atoms with E-state index in [0.29, 0.717) is 0 Å². The monoisotopic (exact) mass is 298 g/mol. The maximum absolute atomic E-state index is 5.19. The van der Waals surface area contributed by atoms with Crippen molar-refractivity contribution < 1.29 is 4.43 Å². The SMILES string of the molecule is CCCCCCCC/C=C\CCCCCCCCO[SiH3]. The van der Waals surface area contributed by atoms with Crippen LogP contribution >= 0.6 is 0 Å². The highest BCUT2D eigenvalue weighted by atomic mass is 28.2. The zero-order valence-electron chi connectivity index (χ0n) is 14.2. The van der Waals surface area contributed by atoms with Gasteiger partial charge in [-0.1, -0.05) is 76.9 Å². The molecule has 0 aliphatic carbocycles. The third-order valence-electron chi connectivity index (χ3n) is 3.86. The maximum atomic E-state index is 5.19. The molecule has 0 aliphatic heterocycles. The van der Waals surface area contributed by atoms with E-state index in [1.165, 1.54) is 89.9 Å². The van der Waals surface area contributed by atoms with Gasteiger partial charge in [0.05, 0.1) is 0 Å². The van der Waals surface area contributed by atoms with Crippen LogP contribution < -0.4 is 0 Å². The molecule has 1 nitrogen and oxygen atoms in total. The zero-order chi connectivity index (χ0) is 14.7. The Bertz CT molecular complexity index is 192. The molecule has 0 amide bonds. The van der Waals surface area contributed by atoms with Crippen molar-refractivity contribution in [2.24, 2.45) is 0 Å².